The third kappa shape index (κ3) is 5.07. The molecule has 0 aromatic carbocycles. The Morgan fingerprint density at radius 2 is 1.64 bits per heavy atom. The summed E-state index contributed by atoms with van der Waals surface area (Å²) in [7, 11) is 0. The molecule has 0 aliphatic heterocycles. The molecule has 0 saturated carbocycles. The maximum Gasteiger partial charge on any atom is 0.352 e. The Bertz CT molecular complexity index is 217. The highest BCUT2D eigenvalue weighted by Crippen LogP contribution is 1.94. The molecule has 0 rings (SSSR count). The average molecular weight is 200 g/mol. The van der Waals surface area contributed by atoms with Crippen LogP contribution in [0.25, 0.3) is 0 Å². The summed E-state index contributed by atoms with van der Waals surface area (Å²) in [6.45, 7) is 6.59. The summed E-state index contributed by atoms with van der Waals surface area (Å²) in [6.07, 6.45) is 1.87. The number of carbonyl (C=O) groups excluding carboxylic acids is 2. The van der Waals surface area contributed by atoms with Gasteiger partial charge in [0.15, 0.2) is 0 Å². The van der Waals surface area contributed by atoms with E-state index in [9.17, 15) is 9.59 Å². The summed E-state index contributed by atoms with van der Waals surface area (Å²) < 4.78 is 0. The number of hydrogen-bond acceptors (Lipinski definition) is 6. The molecule has 0 amide bonds. The van der Waals surface area contributed by atoms with Crippen LogP contribution in [0.5, 0.6) is 0 Å². The van der Waals surface area contributed by atoms with E-state index in [-0.39, 0.29) is 13.1 Å². The van der Waals surface area contributed by atoms with E-state index in [1.54, 1.807) is 0 Å². The van der Waals surface area contributed by atoms with Crippen LogP contribution in [0, 0.1) is 0 Å². The minimum absolute atomic E-state index is 0.0686. The molecule has 0 unspecified atom stereocenters. The number of rotatable bonds is 6. The van der Waals surface area contributed by atoms with Gasteiger partial charge in [0.2, 0.25) is 0 Å². The molecule has 14 heavy (non-hydrogen) atoms. The summed E-state index contributed by atoms with van der Waals surface area (Å²) in [5.74, 6) is -1.48. The molecule has 0 heterocycles. The van der Waals surface area contributed by atoms with Gasteiger partial charge in [-0.3, -0.25) is 0 Å². The SMILES string of the molecule is C=CC(=O)ON(CCN)OC(=O)C=C. The lowest BCUT2D eigenvalue weighted by Gasteiger charge is -2.16. The highest BCUT2D eigenvalue weighted by molar-refractivity contribution is 5.82. The van der Waals surface area contributed by atoms with E-state index in [0.717, 1.165) is 12.2 Å². The predicted molar refractivity (Wildman–Crippen MR) is 48.3 cm³/mol. The van der Waals surface area contributed by atoms with Gasteiger partial charge >= 0.3 is 11.9 Å². The van der Waals surface area contributed by atoms with Gasteiger partial charge in [-0.15, -0.1) is 0 Å². The maximum absolute atomic E-state index is 10.7. The monoisotopic (exact) mass is 200 g/mol. The lowest BCUT2D eigenvalue weighted by Crippen LogP contribution is -2.33. The van der Waals surface area contributed by atoms with Gasteiger partial charge in [0.25, 0.3) is 0 Å². The summed E-state index contributed by atoms with van der Waals surface area (Å²) in [4.78, 5) is 30.5. The van der Waals surface area contributed by atoms with Crippen LogP contribution in [-0.4, -0.2) is 30.3 Å². The molecule has 0 aromatic rings. The van der Waals surface area contributed by atoms with E-state index in [1.807, 2.05) is 0 Å². The number of nitrogens with zero attached hydrogens (tertiary/aromatic N) is 1. The van der Waals surface area contributed by atoms with E-state index in [4.69, 9.17) is 5.73 Å². The van der Waals surface area contributed by atoms with Crippen molar-refractivity contribution < 1.29 is 19.3 Å². The van der Waals surface area contributed by atoms with Crippen LogP contribution in [0.2, 0.25) is 0 Å². The Morgan fingerprint density at radius 1 is 1.21 bits per heavy atom. The van der Waals surface area contributed by atoms with Crippen LogP contribution in [0.3, 0.4) is 0 Å². The van der Waals surface area contributed by atoms with Crippen LogP contribution in [0.4, 0.5) is 0 Å². The van der Waals surface area contributed by atoms with Crippen molar-refractivity contribution in [3.05, 3.63) is 25.3 Å². The fourth-order valence-corrected chi connectivity index (χ4v) is 0.491. The molecule has 0 aromatic heterocycles. The molecule has 0 radical (unpaired) electrons. The average Bonchev–Trinajstić information content (AvgIpc) is 2.17. The van der Waals surface area contributed by atoms with E-state index >= 15 is 0 Å². The number of nitrogens with two attached hydrogens (primary N) is 1. The summed E-state index contributed by atoms with van der Waals surface area (Å²) in [5.41, 5.74) is 5.19. The van der Waals surface area contributed by atoms with E-state index in [2.05, 4.69) is 22.8 Å². The van der Waals surface area contributed by atoms with Crippen LogP contribution in [0.15, 0.2) is 25.3 Å². The van der Waals surface area contributed by atoms with Gasteiger partial charge in [-0.2, -0.15) is 0 Å². The zero-order chi connectivity index (χ0) is 11.0. The first-order valence-electron chi connectivity index (χ1n) is 3.80. The molecule has 0 aliphatic carbocycles. The maximum atomic E-state index is 10.7. The normalized spacial score (nSPS) is 9.29. The second kappa shape index (κ2) is 6.81. The molecule has 78 valence electrons. The molecule has 0 spiro atoms. The van der Waals surface area contributed by atoms with Crippen molar-refractivity contribution in [2.24, 2.45) is 5.73 Å². The first-order chi connectivity index (χ1) is 6.63. The number of hydrogen-bond donors (Lipinski definition) is 1. The molecule has 0 aliphatic rings. The van der Waals surface area contributed by atoms with Gasteiger partial charge in [-0.1, -0.05) is 13.2 Å². The van der Waals surface area contributed by atoms with Gasteiger partial charge in [0.1, 0.15) is 0 Å². The fraction of sp³-hybridized carbons (Fsp3) is 0.250. The Hall–Kier alpha value is -1.66. The highest BCUT2D eigenvalue weighted by atomic mass is 17.0. The zero-order valence-electron chi connectivity index (χ0n) is 7.64. The number of hydroxylamine groups is 2. The minimum Gasteiger partial charge on any atom is -0.329 e. The van der Waals surface area contributed by atoms with E-state index < -0.39 is 11.9 Å². The molecular weight excluding hydrogens is 188 g/mol. The van der Waals surface area contributed by atoms with E-state index in [1.165, 1.54) is 0 Å². The van der Waals surface area contributed by atoms with Crippen molar-refractivity contribution in [1.82, 2.24) is 5.23 Å². The van der Waals surface area contributed by atoms with Crippen molar-refractivity contribution >= 4 is 11.9 Å². The summed E-state index contributed by atoms with van der Waals surface area (Å²) in [6, 6.07) is 0. The minimum atomic E-state index is -0.740. The second-order valence-electron chi connectivity index (χ2n) is 2.07. The Balaban J connectivity index is 4.13. The van der Waals surface area contributed by atoms with Gasteiger partial charge in [0, 0.05) is 23.9 Å². The molecule has 0 bridgehead atoms. The van der Waals surface area contributed by atoms with Crippen molar-refractivity contribution in [3.8, 4) is 0 Å². The van der Waals surface area contributed by atoms with Crippen LogP contribution >= 0.6 is 0 Å². The van der Waals surface area contributed by atoms with Gasteiger partial charge < -0.3 is 15.4 Å². The molecule has 6 nitrogen and oxygen atoms in total. The second-order valence-corrected chi connectivity index (χ2v) is 2.07. The molecular formula is C8H12N2O4. The smallest absolute Gasteiger partial charge is 0.329 e. The third-order valence-electron chi connectivity index (χ3n) is 1.03. The van der Waals surface area contributed by atoms with Crippen molar-refractivity contribution in [2.45, 2.75) is 0 Å². The van der Waals surface area contributed by atoms with Crippen LogP contribution in [-0.2, 0) is 19.3 Å². The molecule has 0 saturated heterocycles. The predicted octanol–water partition coefficient (Wildman–Crippen LogP) is -0.465. The Kier molecular flexibility index (Phi) is 6.01. The Morgan fingerprint density at radius 3 is 1.93 bits per heavy atom. The zero-order valence-corrected chi connectivity index (χ0v) is 7.64. The van der Waals surface area contributed by atoms with E-state index in [0.29, 0.717) is 5.23 Å². The quantitative estimate of drug-likeness (QED) is 0.461. The standard InChI is InChI=1S/C8H12N2O4/c1-3-7(11)13-10(6-5-9)14-8(12)4-2/h3-4H,1-2,5-6,9H2. The van der Waals surface area contributed by atoms with Crippen LogP contribution < -0.4 is 5.73 Å². The molecule has 0 fully saturated rings. The molecule has 2 N–H and O–H groups in total. The summed E-state index contributed by atoms with van der Waals surface area (Å²) >= 11 is 0. The highest BCUT2D eigenvalue weighted by Gasteiger charge is 2.12. The lowest BCUT2D eigenvalue weighted by atomic mass is 10.6. The van der Waals surface area contributed by atoms with Crippen molar-refractivity contribution in [1.29, 1.82) is 0 Å². The first-order valence-corrected chi connectivity index (χ1v) is 3.80. The van der Waals surface area contributed by atoms with Gasteiger partial charge in [0.05, 0.1) is 6.54 Å². The van der Waals surface area contributed by atoms with Crippen molar-refractivity contribution in [2.75, 3.05) is 13.1 Å². The number of carbonyl (C=O) groups is 2. The van der Waals surface area contributed by atoms with Gasteiger partial charge in [-0.05, 0) is 0 Å². The lowest BCUT2D eigenvalue weighted by molar-refractivity contribution is -0.318. The third-order valence-corrected chi connectivity index (χ3v) is 1.03. The molecule has 0 atom stereocenters. The molecule has 6 heteroatoms. The largest absolute Gasteiger partial charge is 0.352 e. The summed E-state index contributed by atoms with van der Waals surface area (Å²) in [5, 5.41) is 0.675. The topological polar surface area (TPSA) is 81.9 Å². The van der Waals surface area contributed by atoms with Crippen LogP contribution in [0.1, 0.15) is 0 Å². The first kappa shape index (κ1) is 12.3. The Labute approximate surface area is 81.5 Å². The van der Waals surface area contributed by atoms with Crippen molar-refractivity contribution in [3.63, 3.8) is 0 Å². The van der Waals surface area contributed by atoms with Gasteiger partial charge in [-0.25, -0.2) is 9.59 Å². The fourth-order valence-electron chi connectivity index (χ4n) is 0.491.